The lowest BCUT2D eigenvalue weighted by Gasteiger charge is -2.32. The first kappa shape index (κ1) is 14.0. The summed E-state index contributed by atoms with van der Waals surface area (Å²) in [6.45, 7) is 8.90. The molecule has 1 aromatic carbocycles. The molecule has 0 fully saturated rings. The van der Waals surface area contributed by atoms with Gasteiger partial charge in [-0.3, -0.25) is 0 Å². The number of para-hydroxylation sites is 1. The van der Waals surface area contributed by atoms with Crippen LogP contribution in [0.5, 0.6) is 0 Å². The quantitative estimate of drug-likeness (QED) is 0.723. The monoisotopic (exact) mass is 253 g/mol. The molecule has 0 aliphatic carbocycles. The average Bonchev–Trinajstić information content (AvgIpc) is 2.73. The summed E-state index contributed by atoms with van der Waals surface area (Å²) >= 11 is 0. The highest BCUT2D eigenvalue weighted by Gasteiger charge is 2.26. The topological polar surface area (TPSA) is 4.93 Å². The number of benzene rings is 1. The molecule has 0 atom stereocenters. The van der Waals surface area contributed by atoms with Crippen LogP contribution in [-0.2, 0) is 5.44 Å². The standard InChI is InChI=1S/C17H24BN/c1-5-10-15-13(4)14-11-8-9-12-16(14)19(15)17(18,6-2)7-3/h5,8-12H,6-7,18H2,1-4H3/b10-5-. The Kier molecular flexibility index (Phi) is 3.89. The Morgan fingerprint density at radius 3 is 2.42 bits per heavy atom. The highest BCUT2D eigenvalue weighted by atomic mass is 15.1. The molecule has 0 N–H and O–H groups in total. The van der Waals surface area contributed by atoms with Gasteiger partial charge in [0, 0.05) is 22.0 Å². The number of aromatic nitrogens is 1. The molecule has 0 radical (unpaired) electrons. The van der Waals surface area contributed by atoms with Crippen molar-refractivity contribution >= 4 is 24.8 Å². The first-order chi connectivity index (χ1) is 9.09. The summed E-state index contributed by atoms with van der Waals surface area (Å²) in [5, 5.41) is 1.38. The SMILES string of the molecule is BC(CC)(CC)n1c(/C=C\C)c(C)c2ccccc21. The second kappa shape index (κ2) is 5.28. The molecule has 0 amide bonds. The van der Waals surface area contributed by atoms with E-state index < -0.39 is 0 Å². The molecule has 100 valence electrons. The third kappa shape index (κ3) is 2.14. The first-order valence-corrected chi connectivity index (χ1v) is 7.32. The molecule has 0 unspecified atom stereocenters. The fraction of sp³-hybridized carbons (Fsp3) is 0.412. The number of aryl methyl sites for hydroxylation is 1. The van der Waals surface area contributed by atoms with E-state index in [1.807, 2.05) is 0 Å². The highest BCUT2D eigenvalue weighted by Crippen LogP contribution is 2.34. The Labute approximate surface area is 117 Å². The summed E-state index contributed by atoms with van der Waals surface area (Å²) in [5.74, 6) is 0. The number of allylic oxidation sites excluding steroid dienone is 1. The Hall–Kier alpha value is -1.44. The predicted octanol–water partition coefficient (Wildman–Crippen LogP) is 4.09. The summed E-state index contributed by atoms with van der Waals surface area (Å²) in [5.41, 5.74) is 4.29. The molecular formula is C17H24BN. The summed E-state index contributed by atoms with van der Waals surface area (Å²) in [6.07, 6.45) is 6.68. The van der Waals surface area contributed by atoms with Gasteiger partial charge in [-0.05, 0) is 44.4 Å². The molecule has 2 heteroatoms. The minimum atomic E-state index is 0.183. The van der Waals surface area contributed by atoms with E-state index in [9.17, 15) is 0 Å². The van der Waals surface area contributed by atoms with Gasteiger partial charge in [-0.25, -0.2) is 0 Å². The van der Waals surface area contributed by atoms with E-state index in [1.165, 1.54) is 22.2 Å². The lowest BCUT2D eigenvalue weighted by atomic mass is 9.72. The van der Waals surface area contributed by atoms with E-state index in [-0.39, 0.29) is 5.44 Å². The molecule has 19 heavy (non-hydrogen) atoms. The normalized spacial score (nSPS) is 12.6. The summed E-state index contributed by atoms with van der Waals surface area (Å²) < 4.78 is 2.54. The van der Waals surface area contributed by atoms with Gasteiger partial charge in [0.2, 0.25) is 0 Å². The summed E-state index contributed by atoms with van der Waals surface area (Å²) in [7, 11) is 2.37. The van der Waals surface area contributed by atoms with Crippen molar-refractivity contribution in [3.63, 3.8) is 0 Å². The molecule has 0 saturated carbocycles. The molecule has 1 nitrogen and oxygen atoms in total. The molecule has 0 spiro atoms. The van der Waals surface area contributed by atoms with E-state index in [4.69, 9.17) is 0 Å². The molecule has 0 aliphatic heterocycles. The van der Waals surface area contributed by atoms with Crippen molar-refractivity contribution in [1.29, 1.82) is 0 Å². The third-order valence-electron chi connectivity index (χ3n) is 4.56. The maximum absolute atomic E-state index is 2.54. The van der Waals surface area contributed by atoms with Gasteiger partial charge in [-0.15, -0.1) is 0 Å². The van der Waals surface area contributed by atoms with Crippen LogP contribution < -0.4 is 0 Å². The molecule has 2 aromatic rings. The molecule has 0 aliphatic rings. The zero-order chi connectivity index (χ0) is 14.0. The molecular weight excluding hydrogens is 229 g/mol. The van der Waals surface area contributed by atoms with Crippen molar-refractivity contribution in [2.45, 2.75) is 46.0 Å². The van der Waals surface area contributed by atoms with Gasteiger partial charge in [0.1, 0.15) is 7.85 Å². The lowest BCUT2D eigenvalue weighted by Crippen LogP contribution is -2.33. The maximum atomic E-state index is 2.54. The van der Waals surface area contributed by atoms with E-state index in [2.05, 4.69) is 76.5 Å². The predicted molar refractivity (Wildman–Crippen MR) is 88.5 cm³/mol. The molecule has 2 rings (SSSR count). The number of nitrogens with zero attached hydrogens (tertiary/aromatic N) is 1. The Morgan fingerprint density at radius 1 is 1.21 bits per heavy atom. The smallest absolute Gasteiger partial charge is 0.135 e. The van der Waals surface area contributed by atoms with Crippen LogP contribution in [0.15, 0.2) is 30.3 Å². The van der Waals surface area contributed by atoms with Crippen LogP contribution in [0, 0.1) is 6.92 Å². The van der Waals surface area contributed by atoms with Crippen molar-refractivity contribution in [2.75, 3.05) is 0 Å². The summed E-state index contributed by atoms with van der Waals surface area (Å²) in [4.78, 5) is 0. The minimum Gasteiger partial charge on any atom is -0.343 e. The number of hydrogen-bond donors (Lipinski definition) is 0. The molecule has 0 bridgehead atoms. The lowest BCUT2D eigenvalue weighted by molar-refractivity contribution is 0.411. The van der Waals surface area contributed by atoms with Gasteiger partial charge < -0.3 is 4.57 Å². The zero-order valence-corrected chi connectivity index (χ0v) is 12.8. The third-order valence-corrected chi connectivity index (χ3v) is 4.56. The van der Waals surface area contributed by atoms with Crippen LogP contribution in [0.1, 0.15) is 44.9 Å². The second-order valence-corrected chi connectivity index (χ2v) is 5.57. The van der Waals surface area contributed by atoms with Crippen molar-refractivity contribution in [2.24, 2.45) is 0 Å². The van der Waals surface area contributed by atoms with E-state index in [0.717, 1.165) is 12.8 Å². The van der Waals surface area contributed by atoms with Crippen LogP contribution >= 0.6 is 0 Å². The Balaban J connectivity index is 2.87. The molecule has 1 aromatic heterocycles. The fourth-order valence-corrected chi connectivity index (χ4v) is 2.93. The van der Waals surface area contributed by atoms with Gasteiger partial charge >= 0.3 is 0 Å². The van der Waals surface area contributed by atoms with E-state index in [1.54, 1.807) is 0 Å². The van der Waals surface area contributed by atoms with E-state index >= 15 is 0 Å². The van der Waals surface area contributed by atoms with Crippen LogP contribution in [0.3, 0.4) is 0 Å². The Morgan fingerprint density at radius 2 is 1.84 bits per heavy atom. The van der Waals surface area contributed by atoms with Crippen LogP contribution in [0.4, 0.5) is 0 Å². The van der Waals surface area contributed by atoms with Gasteiger partial charge in [0.05, 0.1) is 0 Å². The summed E-state index contributed by atoms with van der Waals surface area (Å²) in [6, 6.07) is 8.76. The highest BCUT2D eigenvalue weighted by molar-refractivity contribution is 6.14. The molecule has 0 saturated heterocycles. The van der Waals surface area contributed by atoms with E-state index in [0.29, 0.717) is 0 Å². The Bertz CT molecular complexity index is 603. The van der Waals surface area contributed by atoms with Crippen molar-refractivity contribution in [3.05, 3.63) is 41.6 Å². The average molecular weight is 253 g/mol. The number of rotatable bonds is 4. The van der Waals surface area contributed by atoms with Gasteiger partial charge in [0.25, 0.3) is 0 Å². The van der Waals surface area contributed by atoms with Crippen LogP contribution in [-0.4, -0.2) is 12.4 Å². The second-order valence-electron chi connectivity index (χ2n) is 5.57. The number of fused-ring (bicyclic) bond motifs is 1. The van der Waals surface area contributed by atoms with Crippen molar-refractivity contribution < 1.29 is 0 Å². The maximum Gasteiger partial charge on any atom is 0.135 e. The van der Waals surface area contributed by atoms with Gasteiger partial charge in [-0.1, -0.05) is 38.1 Å². The van der Waals surface area contributed by atoms with Gasteiger partial charge in [0.15, 0.2) is 0 Å². The van der Waals surface area contributed by atoms with Crippen molar-refractivity contribution in [1.82, 2.24) is 4.57 Å². The zero-order valence-electron chi connectivity index (χ0n) is 12.8. The molecule has 1 heterocycles. The van der Waals surface area contributed by atoms with Crippen molar-refractivity contribution in [3.8, 4) is 0 Å². The first-order valence-electron chi connectivity index (χ1n) is 7.32. The largest absolute Gasteiger partial charge is 0.343 e. The minimum absolute atomic E-state index is 0.183. The van der Waals surface area contributed by atoms with Crippen LogP contribution in [0.2, 0.25) is 0 Å². The van der Waals surface area contributed by atoms with Gasteiger partial charge in [-0.2, -0.15) is 0 Å². The fourth-order valence-electron chi connectivity index (χ4n) is 2.93. The number of hydrogen-bond acceptors (Lipinski definition) is 0. The van der Waals surface area contributed by atoms with Crippen LogP contribution in [0.25, 0.3) is 17.0 Å².